The Bertz CT molecular complexity index is 675. The van der Waals surface area contributed by atoms with Gasteiger partial charge in [0.1, 0.15) is 11.5 Å². The minimum atomic E-state index is -0.593. The Morgan fingerprint density at radius 1 is 0.857 bits per heavy atom. The van der Waals surface area contributed by atoms with E-state index >= 15 is 0 Å². The first-order valence-corrected chi connectivity index (χ1v) is 5.18. The fourth-order valence-electron chi connectivity index (χ4n) is 1.12. The molecule has 0 aliphatic carbocycles. The molecule has 0 saturated heterocycles. The Balaban J connectivity index is 0.000000211. The van der Waals surface area contributed by atoms with Gasteiger partial charge in [0, 0.05) is 0 Å². The molecule has 0 bridgehead atoms. The van der Waals surface area contributed by atoms with Crippen molar-refractivity contribution in [2.75, 3.05) is 34.4 Å². The van der Waals surface area contributed by atoms with Crippen LogP contribution in [0.15, 0.2) is 9.97 Å². The Morgan fingerprint density at radius 3 is 1.81 bits per heavy atom. The highest BCUT2D eigenvalue weighted by Gasteiger charge is 2.07. The lowest BCUT2D eigenvalue weighted by atomic mass is 10.4. The van der Waals surface area contributed by atoms with Crippen molar-refractivity contribution in [3.8, 4) is 0 Å². The summed E-state index contributed by atoms with van der Waals surface area (Å²) in [5.74, 6) is -0.277. The third kappa shape index (κ3) is 3.66. The first-order chi connectivity index (χ1) is 9.76. The van der Waals surface area contributed by atoms with Crippen LogP contribution in [0.2, 0.25) is 0 Å². The number of nitrogen functional groups attached to an aromatic ring is 6. The minimum absolute atomic E-state index is 0.0405. The van der Waals surface area contributed by atoms with Gasteiger partial charge in [-0.1, -0.05) is 0 Å². The van der Waals surface area contributed by atoms with E-state index < -0.39 is 5.69 Å². The fraction of sp³-hybridized carbons (Fsp3) is 0. The van der Waals surface area contributed by atoms with Crippen LogP contribution in [0.1, 0.15) is 0 Å². The molecule has 0 atom stereocenters. The van der Waals surface area contributed by atoms with Gasteiger partial charge >= 0.3 is 5.69 Å². The van der Waals surface area contributed by atoms with Crippen molar-refractivity contribution < 1.29 is 0 Å². The standard InChI is InChI=1S/C4H6N6O.C4H7N5O/c5-2-1(10-11)3(6)9-4(7)8-2;5-1-2(6)8-4(10)9-3(1)7/h(H6,5,6,7,8,9);5H2,(H5,6,7,8,9,10). The number of nitroso groups, excluding NO2 is 1. The quantitative estimate of drug-likeness (QED) is 0.286. The van der Waals surface area contributed by atoms with Gasteiger partial charge in [0.2, 0.25) is 5.95 Å². The highest BCUT2D eigenvalue weighted by molar-refractivity contribution is 5.71. The number of nitrogens with one attached hydrogen (secondary N) is 1. The van der Waals surface area contributed by atoms with Crippen LogP contribution in [-0.4, -0.2) is 19.9 Å². The lowest BCUT2D eigenvalue weighted by Gasteiger charge is -1.99. The van der Waals surface area contributed by atoms with E-state index in [4.69, 9.17) is 34.4 Å². The normalized spacial score (nSPS) is 9.52. The molecular formula is C8H13N11O2. The van der Waals surface area contributed by atoms with Crippen molar-refractivity contribution >= 4 is 40.6 Å². The molecule has 13 N–H and O–H groups in total. The maximum absolute atomic E-state index is 10.5. The molecule has 0 unspecified atom stereocenters. The third-order valence-corrected chi connectivity index (χ3v) is 2.08. The number of nitrogens with zero attached hydrogens (tertiary/aromatic N) is 4. The molecule has 112 valence electrons. The molecule has 2 rings (SSSR count). The number of anilines is 6. The van der Waals surface area contributed by atoms with Crippen LogP contribution in [-0.2, 0) is 0 Å². The number of hydrogen-bond acceptors (Lipinski definition) is 12. The van der Waals surface area contributed by atoms with Gasteiger partial charge in [0.15, 0.2) is 23.1 Å². The topological polar surface area (TPSA) is 257 Å². The van der Waals surface area contributed by atoms with Crippen molar-refractivity contribution in [2.45, 2.75) is 0 Å². The highest BCUT2D eigenvalue weighted by Crippen LogP contribution is 2.25. The smallest absolute Gasteiger partial charge is 0.348 e. The lowest BCUT2D eigenvalue weighted by Crippen LogP contribution is -2.17. The Hall–Kier alpha value is -3.64. The number of nitrogens with two attached hydrogens (primary N) is 6. The first kappa shape index (κ1) is 15.4. The van der Waals surface area contributed by atoms with E-state index in [0.717, 1.165) is 0 Å². The number of rotatable bonds is 1. The van der Waals surface area contributed by atoms with Gasteiger partial charge in [-0.3, -0.25) is 4.98 Å². The van der Waals surface area contributed by atoms with E-state index in [1.165, 1.54) is 0 Å². The van der Waals surface area contributed by atoms with Crippen molar-refractivity contribution in [2.24, 2.45) is 5.18 Å². The molecule has 0 radical (unpaired) electrons. The summed E-state index contributed by atoms with van der Waals surface area (Å²) in [7, 11) is 0. The van der Waals surface area contributed by atoms with Crippen LogP contribution < -0.4 is 40.1 Å². The average Bonchev–Trinajstić information content (AvgIpc) is 2.36. The number of H-pyrrole nitrogens is 1. The maximum atomic E-state index is 10.5. The summed E-state index contributed by atoms with van der Waals surface area (Å²) in [5, 5.41) is 2.53. The van der Waals surface area contributed by atoms with E-state index in [0.29, 0.717) is 0 Å². The van der Waals surface area contributed by atoms with Crippen LogP contribution in [0.4, 0.5) is 40.6 Å². The van der Waals surface area contributed by atoms with E-state index in [2.05, 4.69) is 25.1 Å². The van der Waals surface area contributed by atoms with Gasteiger partial charge in [0.25, 0.3) is 0 Å². The highest BCUT2D eigenvalue weighted by atomic mass is 16.3. The first-order valence-electron chi connectivity index (χ1n) is 5.18. The molecule has 2 heterocycles. The molecule has 0 aliphatic rings. The van der Waals surface area contributed by atoms with Crippen molar-refractivity contribution in [1.82, 2.24) is 19.9 Å². The molecule has 0 fully saturated rings. The molecule has 0 amide bonds. The summed E-state index contributed by atoms with van der Waals surface area (Å²) in [5.41, 5.74) is 30.6. The third-order valence-electron chi connectivity index (χ3n) is 2.08. The van der Waals surface area contributed by atoms with E-state index in [-0.39, 0.29) is 40.6 Å². The number of aromatic nitrogens is 4. The van der Waals surface area contributed by atoms with E-state index in [9.17, 15) is 9.70 Å². The molecule has 13 heteroatoms. The van der Waals surface area contributed by atoms with Gasteiger partial charge in [-0.15, -0.1) is 4.91 Å². The lowest BCUT2D eigenvalue weighted by molar-refractivity contribution is 1.10. The van der Waals surface area contributed by atoms with Crippen molar-refractivity contribution in [1.29, 1.82) is 0 Å². The fourth-order valence-corrected chi connectivity index (χ4v) is 1.12. The van der Waals surface area contributed by atoms with Crippen LogP contribution in [0, 0.1) is 4.91 Å². The van der Waals surface area contributed by atoms with Crippen LogP contribution in [0.25, 0.3) is 0 Å². The summed E-state index contributed by atoms with van der Waals surface area (Å²) < 4.78 is 0. The second-order valence-electron chi connectivity index (χ2n) is 3.55. The second-order valence-corrected chi connectivity index (χ2v) is 3.55. The number of hydrogen-bond donors (Lipinski definition) is 7. The van der Waals surface area contributed by atoms with Gasteiger partial charge in [-0.05, 0) is 5.18 Å². The second kappa shape index (κ2) is 6.00. The molecule has 0 aliphatic heterocycles. The average molecular weight is 295 g/mol. The predicted octanol–water partition coefficient (Wildman–Crippen LogP) is -1.86. The Morgan fingerprint density at radius 2 is 1.38 bits per heavy atom. The predicted molar refractivity (Wildman–Crippen MR) is 78.8 cm³/mol. The summed E-state index contributed by atoms with van der Waals surface area (Å²) in [6, 6.07) is 0. The monoisotopic (exact) mass is 295 g/mol. The van der Waals surface area contributed by atoms with Gasteiger partial charge < -0.3 is 34.4 Å². The van der Waals surface area contributed by atoms with Crippen LogP contribution >= 0.6 is 0 Å². The molecular weight excluding hydrogens is 282 g/mol. The summed E-state index contributed by atoms with van der Waals surface area (Å²) in [6.07, 6.45) is 0. The molecule has 0 aromatic carbocycles. The maximum Gasteiger partial charge on any atom is 0.348 e. The number of aromatic amines is 1. The summed E-state index contributed by atoms with van der Waals surface area (Å²) in [4.78, 5) is 32.9. The summed E-state index contributed by atoms with van der Waals surface area (Å²) >= 11 is 0. The van der Waals surface area contributed by atoms with Crippen molar-refractivity contribution in [3.05, 3.63) is 15.4 Å². The molecule has 0 spiro atoms. The van der Waals surface area contributed by atoms with Crippen molar-refractivity contribution in [3.63, 3.8) is 0 Å². The van der Waals surface area contributed by atoms with Gasteiger partial charge in [0.05, 0.1) is 0 Å². The Labute approximate surface area is 116 Å². The minimum Gasteiger partial charge on any atom is -0.393 e. The Kier molecular flexibility index (Phi) is 4.41. The molecule has 13 nitrogen and oxygen atoms in total. The zero-order valence-corrected chi connectivity index (χ0v) is 10.6. The van der Waals surface area contributed by atoms with E-state index in [1.807, 2.05) is 0 Å². The summed E-state index contributed by atoms with van der Waals surface area (Å²) in [6.45, 7) is 0. The van der Waals surface area contributed by atoms with E-state index in [1.54, 1.807) is 0 Å². The largest absolute Gasteiger partial charge is 0.393 e. The van der Waals surface area contributed by atoms with Crippen LogP contribution in [0.5, 0.6) is 0 Å². The molecule has 2 aromatic heterocycles. The molecule has 2 aromatic rings. The van der Waals surface area contributed by atoms with Crippen LogP contribution in [0.3, 0.4) is 0 Å². The van der Waals surface area contributed by atoms with Gasteiger partial charge in [-0.25, -0.2) is 4.79 Å². The molecule has 0 saturated carbocycles. The molecule has 21 heavy (non-hydrogen) atoms. The SMILES string of the molecule is Nc1nc(=O)[nH]c(N)c1N.Nc1nc(N)c(N=O)c(N)n1. The van der Waals surface area contributed by atoms with Gasteiger partial charge in [-0.2, -0.15) is 15.0 Å². The zero-order chi connectivity index (χ0) is 16.2. The zero-order valence-electron chi connectivity index (χ0n) is 10.6.